The smallest absolute Gasteiger partial charge is 0.322 e. The summed E-state index contributed by atoms with van der Waals surface area (Å²) in [5.74, 6) is -1.33. The van der Waals surface area contributed by atoms with E-state index in [-0.39, 0.29) is 11.0 Å². The van der Waals surface area contributed by atoms with Crippen molar-refractivity contribution in [1.29, 1.82) is 0 Å². The number of aliphatic carboxylic acids is 1. The lowest BCUT2D eigenvalue weighted by atomic mass is 10.1. The standard InChI is InChI=1S/C25H42N2O4S/c1-3-5-7-8-9-10-11-12-13-14-15-16-18-23(22(28)17-6-4-2)32-20-21(26)25(31)27-19-24(29)30/h9-10,12-16,18,21-23,28H,3-8,11,17,19-20,26H2,1-2H3,(H,27,31)(H,29,30)/t21?,22-,23+/m1/s1. The highest BCUT2D eigenvalue weighted by Gasteiger charge is 2.20. The molecule has 5 N–H and O–H groups in total. The Bertz CT molecular complexity index is 617. The summed E-state index contributed by atoms with van der Waals surface area (Å²) >= 11 is 1.40. The van der Waals surface area contributed by atoms with E-state index in [2.05, 4.69) is 37.4 Å². The van der Waals surface area contributed by atoms with Crippen molar-refractivity contribution in [3.05, 3.63) is 48.6 Å². The number of nitrogens with two attached hydrogens (primary N) is 1. The second-order valence-corrected chi connectivity index (χ2v) is 8.84. The summed E-state index contributed by atoms with van der Waals surface area (Å²) in [5.41, 5.74) is 5.86. The molecule has 0 aliphatic heterocycles. The van der Waals surface area contributed by atoms with Crippen molar-refractivity contribution in [3.63, 3.8) is 0 Å². The number of hydrogen-bond acceptors (Lipinski definition) is 5. The molecular formula is C25H42N2O4S. The van der Waals surface area contributed by atoms with Crippen LogP contribution >= 0.6 is 11.8 Å². The van der Waals surface area contributed by atoms with E-state index in [1.807, 2.05) is 30.4 Å². The summed E-state index contributed by atoms with van der Waals surface area (Å²) in [6.07, 6.45) is 24.1. The molecule has 0 aliphatic carbocycles. The maximum absolute atomic E-state index is 11.9. The van der Waals surface area contributed by atoms with Gasteiger partial charge in [0.25, 0.3) is 0 Å². The lowest BCUT2D eigenvalue weighted by Gasteiger charge is -2.21. The van der Waals surface area contributed by atoms with Crippen molar-refractivity contribution in [2.45, 2.75) is 82.6 Å². The van der Waals surface area contributed by atoms with Gasteiger partial charge in [-0.3, -0.25) is 9.59 Å². The first-order valence-corrected chi connectivity index (χ1v) is 12.7. The second-order valence-electron chi connectivity index (χ2n) is 7.63. The van der Waals surface area contributed by atoms with Crippen molar-refractivity contribution < 1.29 is 19.8 Å². The van der Waals surface area contributed by atoms with E-state index >= 15 is 0 Å². The van der Waals surface area contributed by atoms with Gasteiger partial charge in [-0.2, -0.15) is 0 Å². The van der Waals surface area contributed by atoms with E-state index in [9.17, 15) is 14.7 Å². The fourth-order valence-corrected chi connectivity index (χ4v) is 3.86. The van der Waals surface area contributed by atoms with Crippen LogP contribution in [-0.2, 0) is 9.59 Å². The molecule has 182 valence electrons. The molecule has 7 heteroatoms. The number of hydrogen-bond donors (Lipinski definition) is 4. The zero-order chi connectivity index (χ0) is 24.0. The average molecular weight is 467 g/mol. The Morgan fingerprint density at radius 2 is 1.72 bits per heavy atom. The minimum absolute atomic E-state index is 0.195. The minimum atomic E-state index is -1.11. The third kappa shape index (κ3) is 17.8. The molecule has 0 heterocycles. The fourth-order valence-electron chi connectivity index (χ4n) is 2.72. The highest BCUT2D eigenvalue weighted by Crippen LogP contribution is 2.21. The lowest BCUT2D eigenvalue weighted by Crippen LogP contribution is -2.44. The molecule has 0 aromatic rings. The van der Waals surface area contributed by atoms with Gasteiger partial charge >= 0.3 is 5.97 Å². The predicted molar refractivity (Wildman–Crippen MR) is 136 cm³/mol. The number of aliphatic hydroxyl groups excluding tert-OH is 1. The highest BCUT2D eigenvalue weighted by atomic mass is 32.2. The molecule has 6 nitrogen and oxygen atoms in total. The van der Waals surface area contributed by atoms with Gasteiger partial charge in [-0.25, -0.2) is 0 Å². The van der Waals surface area contributed by atoms with E-state index in [4.69, 9.17) is 10.8 Å². The molecule has 0 aliphatic rings. The molecule has 0 fully saturated rings. The van der Waals surface area contributed by atoms with Gasteiger partial charge < -0.3 is 21.3 Å². The average Bonchev–Trinajstić information content (AvgIpc) is 2.78. The van der Waals surface area contributed by atoms with Gasteiger partial charge in [-0.05, 0) is 25.7 Å². The third-order valence-electron chi connectivity index (χ3n) is 4.63. The number of unbranched alkanes of at least 4 members (excludes halogenated alkanes) is 4. The molecule has 0 aromatic heterocycles. The SMILES string of the molecule is CCCCCC=CCC=CC=CC=C[C@H](SCC(N)C(=O)NCC(=O)O)[C@H](O)CCCC. The summed E-state index contributed by atoms with van der Waals surface area (Å²) in [6, 6.07) is -0.831. The van der Waals surface area contributed by atoms with Crippen LogP contribution in [0.1, 0.15) is 65.2 Å². The Labute approximate surface area is 198 Å². The Morgan fingerprint density at radius 3 is 2.41 bits per heavy atom. The van der Waals surface area contributed by atoms with Crippen LogP contribution in [-0.4, -0.2) is 51.8 Å². The molecule has 3 atom stereocenters. The number of carboxylic acids is 1. The molecule has 0 radical (unpaired) electrons. The van der Waals surface area contributed by atoms with Crippen LogP contribution in [0.2, 0.25) is 0 Å². The number of rotatable bonds is 19. The first-order valence-electron chi connectivity index (χ1n) is 11.6. The van der Waals surface area contributed by atoms with Crippen molar-refractivity contribution in [2.75, 3.05) is 12.3 Å². The van der Waals surface area contributed by atoms with Crippen LogP contribution in [0.25, 0.3) is 0 Å². The van der Waals surface area contributed by atoms with Crippen molar-refractivity contribution in [3.8, 4) is 0 Å². The Hall–Kier alpha value is -1.83. The van der Waals surface area contributed by atoms with Crippen molar-refractivity contribution in [2.24, 2.45) is 5.73 Å². The van der Waals surface area contributed by atoms with Crippen LogP contribution in [0.4, 0.5) is 0 Å². The number of aliphatic hydroxyl groups is 1. The van der Waals surface area contributed by atoms with E-state index in [1.54, 1.807) is 0 Å². The van der Waals surface area contributed by atoms with E-state index in [0.717, 1.165) is 25.7 Å². The third-order valence-corrected chi connectivity index (χ3v) is 6.04. The van der Waals surface area contributed by atoms with Crippen LogP contribution in [0, 0.1) is 0 Å². The summed E-state index contributed by atoms with van der Waals surface area (Å²) in [7, 11) is 0. The first-order chi connectivity index (χ1) is 15.4. The molecule has 0 spiro atoms. The normalized spacial score (nSPS) is 15.1. The Morgan fingerprint density at radius 1 is 1.00 bits per heavy atom. The lowest BCUT2D eigenvalue weighted by molar-refractivity contribution is -0.138. The number of amides is 1. The molecule has 1 unspecified atom stereocenters. The zero-order valence-corrected chi connectivity index (χ0v) is 20.4. The monoisotopic (exact) mass is 466 g/mol. The quantitative estimate of drug-likeness (QED) is 0.128. The van der Waals surface area contributed by atoms with Crippen LogP contribution in [0.5, 0.6) is 0 Å². The van der Waals surface area contributed by atoms with Gasteiger partial charge in [0.15, 0.2) is 0 Å². The van der Waals surface area contributed by atoms with Gasteiger partial charge in [-0.1, -0.05) is 88.1 Å². The zero-order valence-electron chi connectivity index (χ0n) is 19.6. The Kier molecular flexibility index (Phi) is 19.8. The number of thioether (sulfide) groups is 1. The predicted octanol–water partition coefficient (Wildman–Crippen LogP) is 4.36. The number of allylic oxidation sites excluding steroid dienone is 7. The van der Waals surface area contributed by atoms with Gasteiger partial charge in [0.2, 0.25) is 5.91 Å². The molecule has 0 saturated heterocycles. The second kappa shape index (κ2) is 21.0. The number of carbonyl (C=O) groups is 2. The van der Waals surface area contributed by atoms with E-state index < -0.39 is 30.6 Å². The summed E-state index contributed by atoms with van der Waals surface area (Å²) < 4.78 is 0. The van der Waals surface area contributed by atoms with Gasteiger partial charge in [-0.15, -0.1) is 11.8 Å². The minimum Gasteiger partial charge on any atom is -0.480 e. The van der Waals surface area contributed by atoms with Gasteiger partial charge in [0.1, 0.15) is 6.54 Å². The highest BCUT2D eigenvalue weighted by molar-refractivity contribution is 8.00. The maximum Gasteiger partial charge on any atom is 0.322 e. The van der Waals surface area contributed by atoms with Gasteiger partial charge in [0, 0.05) is 11.0 Å². The molecule has 0 rings (SSSR count). The fraction of sp³-hybridized carbons (Fsp3) is 0.600. The number of carboxylic acid groups (broad SMARTS) is 1. The summed E-state index contributed by atoms with van der Waals surface area (Å²) in [4.78, 5) is 22.4. The topological polar surface area (TPSA) is 113 Å². The van der Waals surface area contributed by atoms with Gasteiger partial charge in [0.05, 0.1) is 12.1 Å². The molecular weight excluding hydrogens is 424 g/mol. The Balaban J connectivity index is 4.56. The van der Waals surface area contributed by atoms with Crippen molar-refractivity contribution >= 4 is 23.6 Å². The van der Waals surface area contributed by atoms with Crippen LogP contribution < -0.4 is 11.1 Å². The number of nitrogens with one attached hydrogen (secondary N) is 1. The van der Waals surface area contributed by atoms with Crippen molar-refractivity contribution in [1.82, 2.24) is 5.32 Å². The largest absolute Gasteiger partial charge is 0.480 e. The molecule has 0 bridgehead atoms. The van der Waals surface area contributed by atoms with Crippen LogP contribution in [0.15, 0.2) is 48.6 Å². The summed E-state index contributed by atoms with van der Waals surface area (Å²) in [6.45, 7) is 3.83. The maximum atomic E-state index is 11.9. The molecule has 1 amide bonds. The van der Waals surface area contributed by atoms with Crippen LogP contribution in [0.3, 0.4) is 0 Å². The molecule has 0 aromatic carbocycles. The molecule has 32 heavy (non-hydrogen) atoms. The summed E-state index contributed by atoms with van der Waals surface area (Å²) in [5, 5.41) is 21.2. The van der Waals surface area contributed by atoms with E-state index in [1.165, 1.54) is 31.0 Å². The first kappa shape index (κ1) is 30.2. The van der Waals surface area contributed by atoms with E-state index in [0.29, 0.717) is 6.42 Å². The molecule has 0 saturated carbocycles. The number of carbonyl (C=O) groups excluding carboxylic acids is 1.